The van der Waals surface area contributed by atoms with Gasteiger partial charge in [0.1, 0.15) is 10.4 Å². The third kappa shape index (κ3) is 4.03. The van der Waals surface area contributed by atoms with Gasteiger partial charge in [-0.3, -0.25) is 4.79 Å². The SMILES string of the molecule is CC(C)Oc1ccc(C(=O)Nc2cnc(Br)cn2)cc1. The maximum absolute atomic E-state index is 12.0. The number of ether oxygens (including phenoxy) is 1. The predicted octanol–water partition coefficient (Wildman–Crippen LogP) is 3.28. The second-order valence-electron chi connectivity index (χ2n) is 4.37. The first-order valence-electron chi connectivity index (χ1n) is 6.10. The van der Waals surface area contributed by atoms with E-state index in [1.165, 1.54) is 12.4 Å². The fraction of sp³-hybridized carbons (Fsp3) is 0.214. The van der Waals surface area contributed by atoms with E-state index < -0.39 is 0 Å². The van der Waals surface area contributed by atoms with Crippen molar-refractivity contribution in [3.63, 3.8) is 0 Å². The van der Waals surface area contributed by atoms with Crippen molar-refractivity contribution in [3.8, 4) is 5.75 Å². The molecule has 0 radical (unpaired) electrons. The maximum Gasteiger partial charge on any atom is 0.256 e. The summed E-state index contributed by atoms with van der Waals surface area (Å²) in [7, 11) is 0. The van der Waals surface area contributed by atoms with Crippen molar-refractivity contribution in [3.05, 3.63) is 46.8 Å². The number of hydrogen-bond acceptors (Lipinski definition) is 4. The monoisotopic (exact) mass is 335 g/mol. The fourth-order valence-corrected chi connectivity index (χ4v) is 1.73. The summed E-state index contributed by atoms with van der Waals surface area (Å²) in [5, 5.41) is 2.67. The summed E-state index contributed by atoms with van der Waals surface area (Å²) in [6.45, 7) is 3.90. The van der Waals surface area contributed by atoms with Crippen LogP contribution in [-0.4, -0.2) is 22.0 Å². The number of halogens is 1. The van der Waals surface area contributed by atoms with Crippen molar-refractivity contribution in [2.75, 3.05) is 5.32 Å². The minimum atomic E-state index is -0.238. The molecule has 0 aliphatic heterocycles. The van der Waals surface area contributed by atoms with Crippen LogP contribution in [0.15, 0.2) is 41.3 Å². The van der Waals surface area contributed by atoms with E-state index in [9.17, 15) is 4.79 Å². The van der Waals surface area contributed by atoms with Crippen LogP contribution >= 0.6 is 15.9 Å². The Morgan fingerprint density at radius 2 is 1.90 bits per heavy atom. The quantitative estimate of drug-likeness (QED) is 0.931. The normalized spacial score (nSPS) is 10.4. The van der Waals surface area contributed by atoms with Gasteiger partial charge in [0, 0.05) is 5.56 Å². The molecule has 5 nitrogen and oxygen atoms in total. The molecule has 2 aromatic rings. The van der Waals surface area contributed by atoms with Gasteiger partial charge in [-0.15, -0.1) is 0 Å². The Morgan fingerprint density at radius 3 is 2.45 bits per heavy atom. The van der Waals surface area contributed by atoms with E-state index in [0.29, 0.717) is 16.0 Å². The summed E-state index contributed by atoms with van der Waals surface area (Å²) in [4.78, 5) is 20.0. The Labute approximate surface area is 125 Å². The van der Waals surface area contributed by atoms with Crippen LogP contribution in [0.25, 0.3) is 0 Å². The molecule has 0 spiro atoms. The molecule has 6 heteroatoms. The minimum absolute atomic E-state index is 0.104. The van der Waals surface area contributed by atoms with Crippen LogP contribution in [0.1, 0.15) is 24.2 Å². The number of aromatic nitrogens is 2. The molecule has 0 fully saturated rings. The number of rotatable bonds is 4. The molecule has 0 atom stereocenters. The molecule has 1 N–H and O–H groups in total. The lowest BCUT2D eigenvalue weighted by molar-refractivity contribution is 0.102. The standard InChI is InChI=1S/C14H14BrN3O2/c1-9(2)20-11-5-3-10(4-6-11)14(19)18-13-8-16-12(15)7-17-13/h3-9H,1-2H3,(H,17,18,19). The van der Waals surface area contributed by atoms with Crippen LogP contribution in [0.2, 0.25) is 0 Å². The second-order valence-corrected chi connectivity index (χ2v) is 5.18. The van der Waals surface area contributed by atoms with Gasteiger partial charge < -0.3 is 10.1 Å². The number of anilines is 1. The smallest absolute Gasteiger partial charge is 0.256 e. The zero-order valence-electron chi connectivity index (χ0n) is 11.1. The van der Waals surface area contributed by atoms with Crippen molar-refractivity contribution >= 4 is 27.7 Å². The Morgan fingerprint density at radius 1 is 1.20 bits per heavy atom. The molecule has 0 bridgehead atoms. The van der Waals surface area contributed by atoms with Gasteiger partial charge in [0.25, 0.3) is 5.91 Å². The lowest BCUT2D eigenvalue weighted by Crippen LogP contribution is -2.13. The van der Waals surface area contributed by atoms with Gasteiger partial charge in [-0.05, 0) is 54.0 Å². The van der Waals surface area contributed by atoms with Crippen molar-refractivity contribution < 1.29 is 9.53 Å². The molecule has 0 saturated heterocycles. The summed E-state index contributed by atoms with van der Waals surface area (Å²) in [6, 6.07) is 6.95. The van der Waals surface area contributed by atoms with E-state index in [2.05, 4.69) is 31.2 Å². The van der Waals surface area contributed by atoms with E-state index in [1.807, 2.05) is 13.8 Å². The molecule has 1 aromatic carbocycles. The number of benzene rings is 1. The van der Waals surface area contributed by atoms with E-state index >= 15 is 0 Å². The average Bonchev–Trinajstić information content (AvgIpc) is 2.41. The maximum atomic E-state index is 12.0. The largest absolute Gasteiger partial charge is 0.491 e. The molecule has 0 saturated carbocycles. The summed E-state index contributed by atoms with van der Waals surface area (Å²) >= 11 is 3.18. The van der Waals surface area contributed by atoms with Crippen LogP contribution in [0, 0.1) is 0 Å². The Bertz CT molecular complexity index is 582. The number of carbonyl (C=O) groups excluding carboxylic acids is 1. The van der Waals surface area contributed by atoms with E-state index in [-0.39, 0.29) is 12.0 Å². The van der Waals surface area contributed by atoms with Gasteiger partial charge in [0.2, 0.25) is 0 Å². The Kier molecular flexibility index (Phi) is 4.68. The molecule has 0 unspecified atom stereocenters. The summed E-state index contributed by atoms with van der Waals surface area (Å²) < 4.78 is 6.14. The fourth-order valence-electron chi connectivity index (χ4n) is 1.52. The molecule has 104 valence electrons. The highest BCUT2D eigenvalue weighted by atomic mass is 79.9. The highest BCUT2D eigenvalue weighted by Crippen LogP contribution is 2.15. The van der Waals surface area contributed by atoms with Crippen molar-refractivity contribution in [2.45, 2.75) is 20.0 Å². The number of amides is 1. The van der Waals surface area contributed by atoms with Crippen LogP contribution in [0.4, 0.5) is 5.82 Å². The molecule has 0 aliphatic rings. The van der Waals surface area contributed by atoms with Crippen LogP contribution in [-0.2, 0) is 0 Å². The molecular weight excluding hydrogens is 322 g/mol. The highest BCUT2D eigenvalue weighted by molar-refractivity contribution is 9.10. The van der Waals surface area contributed by atoms with Gasteiger partial charge in [-0.2, -0.15) is 0 Å². The van der Waals surface area contributed by atoms with E-state index in [1.54, 1.807) is 24.3 Å². The molecule has 1 aromatic heterocycles. The third-order valence-corrected chi connectivity index (χ3v) is 2.76. The van der Waals surface area contributed by atoms with Crippen LogP contribution in [0.3, 0.4) is 0 Å². The Balaban J connectivity index is 2.03. The van der Waals surface area contributed by atoms with Gasteiger partial charge in [0.05, 0.1) is 18.5 Å². The number of nitrogens with zero attached hydrogens (tertiary/aromatic N) is 2. The van der Waals surface area contributed by atoms with Crippen molar-refractivity contribution in [1.82, 2.24) is 9.97 Å². The zero-order valence-corrected chi connectivity index (χ0v) is 12.7. The summed E-state index contributed by atoms with van der Waals surface area (Å²) in [5.74, 6) is 0.901. The predicted molar refractivity (Wildman–Crippen MR) is 79.9 cm³/mol. The van der Waals surface area contributed by atoms with Crippen LogP contribution in [0.5, 0.6) is 5.75 Å². The first-order chi connectivity index (χ1) is 9.54. The highest BCUT2D eigenvalue weighted by Gasteiger charge is 2.07. The molecule has 1 heterocycles. The van der Waals surface area contributed by atoms with Gasteiger partial charge in [-0.1, -0.05) is 0 Å². The van der Waals surface area contributed by atoms with Gasteiger partial charge in [-0.25, -0.2) is 9.97 Å². The number of hydrogen-bond donors (Lipinski definition) is 1. The van der Waals surface area contributed by atoms with Gasteiger partial charge >= 0.3 is 0 Å². The van der Waals surface area contributed by atoms with E-state index in [0.717, 1.165) is 5.75 Å². The number of nitrogens with one attached hydrogen (secondary N) is 1. The van der Waals surface area contributed by atoms with Crippen molar-refractivity contribution in [1.29, 1.82) is 0 Å². The molecule has 1 amide bonds. The molecule has 2 rings (SSSR count). The average molecular weight is 336 g/mol. The van der Waals surface area contributed by atoms with Gasteiger partial charge in [0.15, 0.2) is 5.82 Å². The topological polar surface area (TPSA) is 64.1 Å². The third-order valence-electron chi connectivity index (χ3n) is 2.35. The first-order valence-corrected chi connectivity index (χ1v) is 6.89. The second kappa shape index (κ2) is 6.47. The van der Waals surface area contributed by atoms with Crippen LogP contribution < -0.4 is 10.1 Å². The summed E-state index contributed by atoms with van der Waals surface area (Å²) in [5.41, 5.74) is 0.533. The number of carbonyl (C=O) groups is 1. The zero-order chi connectivity index (χ0) is 14.5. The summed E-state index contributed by atoms with van der Waals surface area (Å²) in [6.07, 6.45) is 3.11. The first kappa shape index (κ1) is 14.5. The molecular formula is C14H14BrN3O2. The Hall–Kier alpha value is -1.95. The molecule has 20 heavy (non-hydrogen) atoms. The van der Waals surface area contributed by atoms with Crippen molar-refractivity contribution in [2.24, 2.45) is 0 Å². The lowest BCUT2D eigenvalue weighted by Gasteiger charge is -2.10. The molecule has 0 aliphatic carbocycles. The van der Waals surface area contributed by atoms with E-state index in [4.69, 9.17) is 4.74 Å². The minimum Gasteiger partial charge on any atom is -0.491 e. The lowest BCUT2D eigenvalue weighted by atomic mass is 10.2.